The molecule has 0 aliphatic rings. The van der Waals surface area contributed by atoms with E-state index in [1.165, 1.54) is 0 Å². The zero-order valence-corrected chi connectivity index (χ0v) is 8.85. The predicted octanol–water partition coefficient (Wildman–Crippen LogP) is -2.61. The molecule has 0 spiro atoms. The van der Waals surface area contributed by atoms with E-state index >= 15 is 0 Å². The van der Waals surface area contributed by atoms with Gasteiger partial charge in [0.25, 0.3) is 0 Å². The van der Waals surface area contributed by atoms with Crippen LogP contribution in [0.4, 0.5) is 26.3 Å². The number of hydrogen-bond donors (Lipinski definition) is 1. The Morgan fingerprint density at radius 2 is 0.938 bits per heavy atom. The van der Waals surface area contributed by atoms with E-state index in [9.17, 15) is 43.2 Å². The van der Waals surface area contributed by atoms with E-state index in [-0.39, 0.29) is 20.3 Å². The molecule has 0 heterocycles. The summed E-state index contributed by atoms with van der Waals surface area (Å²) in [6, 6.07) is 0. The van der Waals surface area contributed by atoms with Crippen LogP contribution in [0.3, 0.4) is 0 Å². The van der Waals surface area contributed by atoms with Gasteiger partial charge in [-0.25, -0.2) is 16.8 Å². The van der Waals surface area contributed by atoms with Gasteiger partial charge in [0.2, 0.25) is 0 Å². The van der Waals surface area contributed by atoms with E-state index in [4.69, 9.17) is 0 Å². The minimum absolute atomic E-state index is 0. The van der Waals surface area contributed by atoms with Crippen LogP contribution in [-0.2, 0) is 20.0 Å². The van der Waals surface area contributed by atoms with Gasteiger partial charge < -0.3 is 1.43 Å². The molecule has 5 nitrogen and oxygen atoms in total. The predicted molar refractivity (Wildman–Crippen MR) is 34.2 cm³/mol. The van der Waals surface area contributed by atoms with Crippen molar-refractivity contribution in [3.8, 4) is 0 Å². The fourth-order valence-corrected chi connectivity index (χ4v) is 2.15. The molecule has 0 unspecified atom stereocenters. The second-order valence-corrected chi connectivity index (χ2v) is 5.59. The SMILES string of the molecule is O=S(=O)(NS(=O)(=O)C(F)(F)F)C(F)(F)F.[H-].[Li+]. The molecular formula is C2H2F6LiNO4S2. The quantitative estimate of drug-likeness (QED) is 0.446. The van der Waals surface area contributed by atoms with Gasteiger partial charge in [-0.2, -0.15) is 26.3 Å². The van der Waals surface area contributed by atoms with E-state index in [0.29, 0.717) is 0 Å². The first kappa shape index (κ1) is 18.4. The topological polar surface area (TPSA) is 80.3 Å². The van der Waals surface area contributed by atoms with Crippen molar-refractivity contribution in [2.75, 3.05) is 0 Å². The number of hydrogen-bond acceptors (Lipinski definition) is 4. The molecule has 0 saturated heterocycles. The normalized spacial score (nSPS) is 14.4. The summed E-state index contributed by atoms with van der Waals surface area (Å²) < 4.78 is 108. The summed E-state index contributed by atoms with van der Waals surface area (Å²) in [4.78, 5) is 0. The third-order valence-corrected chi connectivity index (χ3v) is 3.80. The molecule has 0 amide bonds. The Labute approximate surface area is 99.0 Å². The minimum atomic E-state index is -6.60. The Morgan fingerprint density at radius 1 is 0.750 bits per heavy atom. The Kier molecular flexibility index (Phi) is 5.44. The van der Waals surface area contributed by atoms with Crippen LogP contribution in [-0.4, -0.2) is 27.9 Å². The molecule has 0 saturated carbocycles. The molecule has 0 aliphatic carbocycles. The third-order valence-electron chi connectivity index (χ3n) is 0.829. The molecule has 0 aromatic heterocycles. The monoisotopic (exact) mass is 289 g/mol. The average molecular weight is 289 g/mol. The van der Waals surface area contributed by atoms with Gasteiger partial charge in [0.05, 0.1) is 0 Å². The molecule has 0 aromatic rings. The van der Waals surface area contributed by atoms with Crippen LogP contribution in [0.15, 0.2) is 0 Å². The maximum atomic E-state index is 11.5. The van der Waals surface area contributed by atoms with Gasteiger partial charge in [-0.3, -0.25) is 0 Å². The minimum Gasteiger partial charge on any atom is -1.00 e. The third kappa shape index (κ3) is 4.13. The van der Waals surface area contributed by atoms with Gasteiger partial charge in [0.15, 0.2) is 0 Å². The summed E-state index contributed by atoms with van der Waals surface area (Å²) >= 11 is 0. The van der Waals surface area contributed by atoms with Crippen molar-refractivity contribution in [2.45, 2.75) is 11.0 Å². The van der Waals surface area contributed by atoms with Crippen molar-refractivity contribution in [3.63, 3.8) is 0 Å². The van der Waals surface area contributed by atoms with E-state index in [1.54, 1.807) is 0 Å². The summed E-state index contributed by atoms with van der Waals surface area (Å²) in [5.74, 6) is 0. The number of rotatable bonds is 2. The van der Waals surface area contributed by atoms with Crippen LogP contribution in [0.2, 0.25) is 0 Å². The average Bonchev–Trinajstić information content (AvgIpc) is 1.77. The second kappa shape index (κ2) is 4.73. The largest absolute Gasteiger partial charge is 1.00 e. The molecule has 0 rings (SSSR count). The van der Waals surface area contributed by atoms with Crippen molar-refractivity contribution >= 4 is 20.0 Å². The zero-order chi connectivity index (χ0) is 12.7. The molecule has 94 valence electrons. The second-order valence-electron chi connectivity index (χ2n) is 1.98. The van der Waals surface area contributed by atoms with Crippen molar-refractivity contribution in [1.29, 1.82) is 0 Å². The molecular weight excluding hydrogens is 287 g/mol. The van der Waals surface area contributed by atoms with Gasteiger partial charge >= 0.3 is 49.9 Å². The number of sulfonamides is 2. The van der Waals surface area contributed by atoms with Gasteiger partial charge in [-0.05, 0) is 0 Å². The molecule has 0 radical (unpaired) electrons. The van der Waals surface area contributed by atoms with Crippen molar-refractivity contribution in [1.82, 2.24) is 4.13 Å². The number of alkyl halides is 6. The number of halogens is 6. The first-order valence-corrected chi connectivity index (χ1v) is 5.58. The van der Waals surface area contributed by atoms with Crippen LogP contribution in [0.25, 0.3) is 0 Å². The first-order chi connectivity index (χ1) is 6.21. The molecule has 14 heteroatoms. The standard InChI is InChI=1S/C2HF6NO4S2.Li.H/c3-1(4,5)14(10,11)9-15(12,13)2(6,7)8;;/h9H;;/q;+1;-1. The van der Waals surface area contributed by atoms with Gasteiger partial charge in [0.1, 0.15) is 0 Å². The van der Waals surface area contributed by atoms with Crippen LogP contribution >= 0.6 is 0 Å². The Balaban J connectivity index is -0.000000980. The van der Waals surface area contributed by atoms with Crippen LogP contribution in [0.1, 0.15) is 1.43 Å². The Bertz CT molecular complexity index is 396. The molecule has 0 aromatic carbocycles. The Hall–Kier alpha value is 0.0374. The van der Waals surface area contributed by atoms with E-state index in [0.717, 1.165) is 0 Å². The van der Waals surface area contributed by atoms with Gasteiger partial charge in [-0.1, -0.05) is 4.13 Å². The van der Waals surface area contributed by atoms with Crippen LogP contribution in [0, 0.1) is 0 Å². The summed E-state index contributed by atoms with van der Waals surface area (Å²) in [6.07, 6.45) is 0. The maximum absolute atomic E-state index is 11.5. The van der Waals surface area contributed by atoms with Crippen molar-refractivity contribution in [2.24, 2.45) is 0 Å². The zero-order valence-electron chi connectivity index (χ0n) is 8.22. The summed E-state index contributed by atoms with van der Waals surface area (Å²) in [7, 11) is -13.2. The van der Waals surface area contributed by atoms with E-state index < -0.39 is 35.2 Å². The summed E-state index contributed by atoms with van der Waals surface area (Å²) in [5, 5.41) is 0. The molecule has 0 fully saturated rings. The van der Waals surface area contributed by atoms with Crippen molar-refractivity contribution in [3.05, 3.63) is 0 Å². The summed E-state index contributed by atoms with van der Waals surface area (Å²) in [5.41, 5.74) is -12.3. The van der Waals surface area contributed by atoms with Crippen molar-refractivity contribution < 1.29 is 63.5 Å². The Morgan fingerprint density at radius 3 is 1.06 bits per heavy atom. The van der Waals surface area contributed by atoms with Crippen LogP contribution in [0.5, 0.6) is 0 Å². The number of nitrogens with one attached hydrogen (secondary N) is 1. The molecule has 0 aliphatic heterocycles. The molecule has 0 bridgehead atoms. The first-order valence-electron chi connectivity index (χ1n) is 2.62. The molecule has 1 N–H and O–H groups in total. The van der Waals surface area contributed by atoms with Gasteiger partial charge in [0, 0.05) is 0 Å². The maximum Gasteiger partial charge on any atom is 1.00 e. The molecule has 0 atom stereocenters. The van der Waals surface area contributed by atoms with Gasteiger partial charge in [-0.15, -0.1) is 0 Å². The fourth-order valence-electron chi connectivity index (χ4n) is 0.239. The fraction of sp³-hybridized carbons (Fsp3) is 1.00. The molecule has 16 heavy (non-hydrogen) atoms. The summed E-state index contributed by atoms with van der Waals surface area (Å²) in [6.45, 7) is 0. The van der Waals surface area contributed by atoms with E-state index in [1.807, 2.05) is 0 Å². The van der Waals surface area contributed by atoms with Crippen LogP contribution < -0.4 is 23.0 Å². The smallest absolute Gasteiger partial charge is 1.00 e. The van der Waals surface area contributed by atoms with E-state index in [2.05, 4.69) is 0 Å².